The van der Waals surface area contributed by atoms with Gasteiger partial charge in [-0.05, 0) is 0 Å². The van der Waals surface area contributed by atoms with Crippen LogP contribution in [0, 0.1) is 0 Å². The fraction of sp³-hybridized carbons (Fsp3) is 1.00. The Hall–Kier alpha value is -0.240. The van der Waals surface area contributed by atoms with Crippen molar-refractivity contribution in [3.05, 3.63) is 0 Å². The molecule has 6 heteroatoms. The van der Waals surface area contributed by atoms with Crippen LogP contribution in [0.5, 0.6) is 0 Å². The first-order valence-corrected chi connectivity index (χ1v) is 5.10. The zero-order valence-electron chi connectivity index (χ0n) is 10.1. The molecule has 1 heterocycles. The molecule has 1 rings (SSSR count). The van der Waals surface area contributed by atoms with Crippen molar-refractivity contribution >= 4 is 0 Å². The minimum atomic E-state index is -1.04. The summed E-state index contributed by atoms with van der Waals surface area (Å²) in [6, 6.07) is 0. The van der Waals surface area contributed by atoms with Crippen LogP contribution in [0.3, 0.4) is 0 Å². The maximum Gasteiger partial charge on any atom is 0.184 e. The smallest absolute Gasteiger partial charge is 0.184 e. The molecule has 0 amide bonds. The summed E-state index contributed by atoms with van der Waals surface area (Å²) in [7, 11) is 6.16. The van der Waals surface area contributed by atoms with Gasteiger partial charge in [-0.25, -0.2) is 0 Å². The third-order valence-electron chi connectivity index (χ3n) is 2.76. The van der Waals surface area contributed by atoms with Gasteiger partial charge in [-0.1, -0.05) is 0 Å². The zero-order chi connectivity index (χ0) is 12.1. The molecule has 16 heavy (non-hydrogen) atoms. The first-order valence-electron chi connectivity index (χ1n) is 5.10. The summed E-state index contributed by atoms with van der Waals surface area (Å²) in [5, 5.41) is 9.74. The van der Waals surface area contributed by atoms with E-state index in [-0.39, 0.29) is 18.3 Å². The summed E-state index contributed by atoms with van der Waals surface area (Å²) in [6.45, 7) is 0.325. The van der Waals surface area contributed by atoms with Crippen LogP contribution in [-0.2, 0) is 23.7 Å². The fourth-order valence-electron chi connectivity index (χ4n) is 2.00. The van der Waals surface area contributed by atoms with Crippen LogP contribution >= 0.6 is 0 Å². The Morgan fingerprint density at radius 1 is 0.938 bits per heavy atom. The molecule has 5 atom stereocenters. The molecular formula is C10H20O6. The van der Waals surface area contributed by atoms with Gasteiger partial charge in [-0.2, -0.15) is 0 Å². The summed E-state index contributed by atoms with van der Waals surface area (Å²) >= 11 is 0. The molecule has 1 fully saturated rings. The van der Waals surface area contributed by atoms with Crippen LogP contribution in [0.4, 0.5) is 0 Å². The lowest BCUT2D eigenvalue weighted by Gasteiger charge is -2.42. The highest BCUT2D eigenvalue weighted by atomic mass is 16.7. The molecular weight excluding hydrogens is 216 g/mol. The second-order valence-electron chi connectivity index (χ2n) is 3.62. The minimum Gasteiger partial charge on any atom is -0.382 e. The number of rotatable bonds is 5. The maximum absolute atomic E-state index is 9.74. The number of hydrogen-bond acceptors (Lipinski definition) is 6. The van der Waals surface area contributed by atoms with E-state index in [1.807, 2.05) is 0 Å². The lowest BCUT2D eigenvalue weighted by atomic mass is 9.98. The molecule has 96 valence electrons. The van der Waals surface area contributed by atoms with E-state index in [4.69, 9.17) is 23.7 Å². The van der Waals surface area contributed by atoms with Gasteiger partial charge in [0.25, 0.3) is 0 Å². The lowest BCUT2D eigenvalue weighted by Crippen LogP contribution is -2.60. The van der Waals surface area contributed by atoms with Crippen molar-refractivity contribution in [2.24, 2.45) is 0 Å². The van der Waals surface area contributed by atoms with Gasteiger partial charge in [0.05, 0.1) is 6.61 Å². The van der Waals surface area contributed by atoms with E-state index < -0.39 is 12.4 Å². The molecule has 0 bridgehead atoms. The molecule has 0 saturated carbocycles. The maximum atomic E-state index is 9.74. The van der Waals surface area contributed by atoms with Crippen LogP contribution in [0.1, 0.15) is 0 Å². The average Bonchev–Trinajstić information content (AvgIpc) is 2.28. The number of aliphatic hydroxyl groups is 1. The molecule has 0 aromatic heterocycles. The van der Waals surface area contributed by atoms with Crippen molar-refractivity contribution in [3.8, 4) is 0 Å². The molecule has 1 aliphatic heterocycles. The molecule has 0 spiro atoms. The fourth-order valence-corrected chi connectivity index (χ4v) is 2.00. The third kappa shape index (κ3) is 2.71. The lowest BCUT2D eigenvalue weighted by molar-refractivity contribution is -0.300. The summed E-state index contributed by atoms with van der Waals surface area (Å²) in [4.78, 5) is 0. The van der Waals surface area contributed by atoms with Crippen LogP contribution in [0.25, 0.3) is 0 Å². The summed E-state index contributed by atoms with van der Waals surface area (Å²) in [6.07, 6.45) is -2.71. The Balaban J connectivity index is 2.78. The molecule has 1 aliphatic rings. The Bertz CT molecular complexity index is 200. The first kappa shape index (κ1) is 13.8. The van der Waals surface area contributed by atoms with Crippen molar-refractivity contribution in [2.75, 3.05) is 35.0 Å². The van der Waals surface area contributed by atoms with Crippen LogP contribution in [-0.4, -0.2) is 70.9 Å². The molecule has 0 aromatic rings. The molecule has 6 nitrogen and oxygen atoms in total. The number of methoxy groups -OCH3 is 4. The van der Waals surface area contributed by atoms with Gasteiger partial charge < -0.3 is 28.8 Å². The van der Waals surface area contributed by atoms with Crippen molar-refractivity contribution in [1.82, 2.24) is 0 Å². The molecule has 1 saturated heterocycles. The van der Waals surface area contributed by atoms with Crippen molar-refractivity contribution in [2.45, 2.75) is 30.7 Å². The summed E-state index contributed by atoms with van der Waals surface area (Å²) in [5.74, 6) is 0. The van der Waals surface area contributed by atoms with E-state index >= 15 is 0 Å². The number of ether oxygens (including phenoxy) is 5. The molecule has 0 aromatic carbocycles. The largest absolute Gasteiger partial charge is 0.382 e. The van der Waals surface area contributed by atoms with Crippen molar-refractivity contribution < 1.29 is 28.8 Å². The predicted molar refractivity (Wildman–Crippen MR) is 55.1 cm³/mol. The monoisotopic (exact) mass is 236 g/mol. The molecule has 0 radical (unpaired) electrons. The SMILES string of the molecule is COC[C@H]1O[C@@H](O)[C@H](OC)[C@@H](OC)[C@@H]1OC. The average molecular weight is 236 g/mol. The Kier molecular flexibility index (Phi) is 5.60. The Labute approximate surface area is 95.4 Å². The number of aliphatic hydroxyl groups excluding tert-OH is 1. The van der Waals surface area contributed by atoms with Crippen molar-refractivity contribution in [3.63, 3.8) is 0 Å². The quantitative estimate of drug-likeness (QED) is 0.687. The van der Waals surface area contributed by atoms with Gasteiger partial charge in [0.1, 0.15) is 24.4 Å². The topological polar surface area (TPSA) is 66.4 Å². The molecule has 0 aliphatic carbocycles. The van der Waals surface area contributed by atoms with Gasteiger partial charge >= 0.3 is 0 Å². The number of hydrogen-bond donors (Lipinski definition) is 1. The highest BCUT2D eigenvalue weighted by Gasteiger charge is 2.46. The molecule has 0 unspecified atom stereocenters. The van der Waals surface area contributed by atoms with E-state index in [2.05, 4.69) is 0 Å². The van der Waals surface area contributed by atoms with Crippen LogP contribution in [0.2, 0.25) is 0 Å². The highest BCUT2D eigenvalue weighted by Crippen LogP contribution is 2.25. The van der Waals surface area contributed by atoms with Crippen LogP contribution < -0.4 is 0 Å². The second-order valence-corrected chi connectivity index (χ2v) is 3.62. The van der Waals surface area contributed by atoms with E-state index in [9.17, 15) is 5.11 Å². The minimum absolute atomic E-state index is 0.325. The Morgan fingerprint density at radius 2 is 1.50 bits per heavy atom. The normalized spacial score (nSPS) is 39.9. The first-order chi connectivity index (χ1) is 7.69. The van der Waals surface area contributed by atoms with Gasteiger partial charge in [0.2, 0.25) is 0 Å². The Morgan fingerprint density at radius 3 is 1.94 bits per heavy atom. The van der Waals surface area contributed by atoms with Crippen molar-refractivity contribution in [1.29, 1.82) is 0 Å². The van der Waals surface area contributed by atoms with E-state index in [1.165, 1.54) is 7.11 Å². The third-order valence-corrected chi connectivity index (χ3v) is 2.76. The zero-order valence-corrected chi connectivity index (χ0v) is 10.1. The van der Waals surface area contributed by atoms with E-state index in [1.54, 1.807) is 21.3 Å². The predicted octanol–water partition coefficient (Wildman–Crippen LogP) is -0.605. The van der Waals surface area contributed by atoms with E-state index in [0.29, 0.717) is 6.61 Å². The second kappa shape index (κ2) is 6.48. The van der Waals surface area contributed by atoms with Gasteiger partial charge in [0, 0.05) is 28.4 Å². The summed E-state index contributed by atoms with van der Waals surface area (Å²) in [5.41, 5.74) is 0. The van der Waals surface area contributed by atoms with Gasteiger partial charge in [-0.15, -0.1) is 0 Å². The van der Waals surface area contributed by atoms with E-state index in [0.717, 1.165) is 0 Å². The van der Waals surface area contributed by atoms with Gasteiger partial charge in [-0.3, -0.25) is 0 Å². The molecule has 1 N–H and O–H groups in total. The standard InChI is InChI=1S/C10H20O6/c1-12-5-6-7(13-2)8(14-3)9(15-4)10(11)16-6/h6-11H,5H2,1-4H3/t6-,7-,8+,9-,10-/m1/s1. The van der Waals surface area contributed by atoms with Crippen LogP contribution in [0.15, 0.2) is 0 Å². The van der Waals surface area contributed by atoms with Gasteiger partial charge in [0.15, 0.2) is 6.29 Å². The highest BCUT2D eigenvalue weighted by molar-refractivity contribution is 4.91. The summed E-state index contributed by atoms with van der Waals surface area (Å²) < 4.78 is 26.1.